The fourth-order valence-electron chi connectivity index (χ4n) is 10.6. The molecule has 6 unspecified atom stereocenters. The molecule has 3 aromatic carbocycles. The minimum atomic E-state index is -0.971. The van der Waals surface area contributed by atoms with Crippen molar-refractivity contribution < 1.29 is 39.3 Å². The van der Waals surface area contributed by atoms with Gasteiger partial charge in [-0.25, -0.2) is 4.98 Å². The second-order valence-corrected chi connectivity index (χ2v) is 19.6. The van der Waals surface area contributed by atoms with Crippen LogP contribution in [0.5, 0.6) is 0 Å². The molecule has 22 heteroatoms. The lowest BCUT2D eigenvalue weighted by atomic mass is 9.81. The smallest absolute Gasteiger partial charge is 0.313 e. The second-order valence-electron chi connectivity index (χ2n) is 19.6. The van der Waals surface area contributed by atoms with Crippen molar-refractivity contribution in [2.24, 2.45) is 17.8 Å². The molecule has 0 amide bonds. The molecule has 404 valence electrons. The van der Waals surface area contributed by atoms with Crippen molar-refractivity contribution in [1.82, 2.24) is 66.4 Å². The number of aliphatic carboxylic acids is 3. The van der Waals surface area contributed by atoms with E-state index in [0.717, 1.165) is 50.1 Å². The molecule has 0 saturated carbocycles. The molecule has 6 atom stereocenters. The van der Waals surface area contributed by atoms with Crippen molar-refractivity contribution in [1.29, 1.82) is 0 Å². The van der Waals surface area contributed by atoms with E-state index in [1.54, 1.807) is 30.9 Å². The number of carbonyl (C=O) groups is 3. The van der Waals surface area contributed by atoms with Crippen molar-refractivity contribution in [3.8, 4) is 44.9 Å². The second kappa shape index (κ2) is 25.1. The number of H-pyrrole nitrogens is 3. The Hall–Kier alpha value is -9.47. The highest BCUT2D eigenvalue weighted by Crippen LogP contribution is 2.37. The Morgan fingerprint density at radius 2 is 1.05 bits per heavy atom. The van der Waals surface area contributed by atoms with Crippen LogP contribution in [0.1, 0.15) is 111 Å². The Labute approximate surface area is 454 Å². The summed E-state index contributed by atoms with van der Waals surface area (Å²) in [5, 5.41) is 71.3. The van der Waals surface area contributed by atoms with Crippen LogP contribution in [0.4, 0.5) is 5.82 Å². The van der Waals surface area contributed by atoms with Crippen LogP contribution >= 0.6 is 0 Å². The van der Waals surface area contributed by atoms with Crippen LogP contribution in [-0.2, 0) is 33.6 Å². The number of hydrogen-bond acceptors (Lipinski definition) is 14. The third-order valence-corrected chi connectivity index (χ3v) is 14.5. The molecule has 0 bridgehead atoms. The van der Waals surface area contributed by atoms with Gasteiger partial charge in [-0.15, -0.1) is 15.2 Å². The Bertz CT molecular complexity index is 3510. The number of aromatic amines is 3. The fourth-order valence-corrected chi connectivity index (χ4v) is 10.6. The SMILES string of the molecule is CCCC(C(=O)O)C(Cc1ccccc1-c1cncc(-[n+]2nc(C(Cc3ccccc3-c3ccnc(-[n+]4nc(C(Cc5ccccc5-c5ccc(N)nc5)C(CCC)C(=O)O)n[nH]4)c3)C(CCC)C(=O)O)n[nH]2)c1)c1nn[nH]n1. The molecule has 79 heavy (non-hydrogen) atoms. The lowest BCUT2D eigenvalue weighted by Crippen LogP contribution is -2.38. The van der Waals surface area contributed by atoms with Gasteiger partial charge in [-0.3, -0.25) is 19.4 Å². The van der Waals surface area contributed by atoms with Crippen LogP contribution in [0, 0.1) is 17.8 Å². The van der Waals surface area contributed by atoms with Crippen molar-refractivity contribution in [3.63, 3.8) is 0 Å². The molecule has 6 aromatic heterocycles. The van der Waals surface area contributed by atoms with Gasteiger partial charge in [0.25, 0.3) is 5.82 Å². The van der Waals surface area contributed by atoms with Crippen LogP contribution in [0.15, 0.2) is 128 Å². The minimum absolute atomic E-state index is 0.258. The number of anilines is 1. The van der Waals surface area contributed by atoms with Crippen LogP contribution in [0.2, 0.25) is 0 Å². The maximum atomic E-state index is 13.2. The van der Waals surface area contributed by atoms with Crippen LogP contribution < -0.4 is 15.3 Å². The predicted molar refractivity (Wildman–Crippen MR) is 288 cm³/mol. The number of carboxylic acids is 3. The molecule has 0 fully saturated rings. The number of nitrogen functional groups attached to an aromatic ring is 1. The molecule has 6 heterocycles. The third-order valence-electron chi connectivity index (χ3n) is 14.5. The number of pyridine rings is 3. The standard InChI is InChI=1S/C57H60N16O6/c1-4-13-44(55(74)75)47(52-62-68-69-63-52)27-36-18-9-12-21-43(36)39-26-40(33-59-31-39)72-66-53(64-70-72)48(45(14-5-2)56(76)77)28-34-16-7-10-19-41(34)37-24-25-60-51(30-37)73-67-54(65-71-73)49(46(15-6-3)57(78)79)29-35-17-8-11-20-42(35)38-22-23-50(58)61-32-38/h7-12,16-26,30-33,44-49H,4-6,13-15,27-29H2,1-3H3,(H6,58,61,62,63,68,69,74,75,76,77,78,79)/p+2. The van der Waals surface area contributed by atoms with Gasteiger partial charge in [0, 0.05) is 41.6 Å². The topological polar surface area (TPSA) is 322 Å². The van der Waals surface area contributed by atoms with Gasteiger partial charge in [-0.2, -0.15) is 5.21 Å². The molecule has 9 aromatic rings. The zero-order valence-electron chi connectivity index (χ0n) is 44.0. The van der Waals surface area contributed by atoms with Crippen LogP contribution in [-0.4, -0.2) is 99.6 Å². The van der Waals surface area contributed by atoms with Gasteiger partial charge in [0.1, 0.15) is 12.0 Å². The van der Waals surface area contributed by atoms with E-state index in [4.69, 9.17) is 15.9 Å². The number of tetrazole rings is 3. The average Bonchev–Trinajstić information content (AvgIpc) is 4.36. The van der Waals surface area contributed by atoms with Crippen molar-refractivity contribution in [2.75, 3.05) is 5.73 Å². The molecule has 9 rings (SSSR count). The third kappa shape index (κ3) is 12.5. The molecule has 0 aliphatic rings. The summed E-state index contributed by atoms with van der Waals surface area (Å²) in [6, 6.07) is 32.5. The van der Waals surface area contributed by atoms with E-state index in [9.17, 15) is 29.7 Å². The van der Waals surface area contributed by atoms with Crippen molar-refractivity contribution in [2.45, 2.75) is 96.3 Å². The van der Waals surface area contributed by atoms with Gasteiger partial charge >= 0.3 is 29.6 Å². The Morgan fingerprint density at radius 1 is 0.544 bits per heavy atom. The maximum absolute atomic E-state index is 13.2. The molecule has 22 nitrogen and oxygen atoms in total. The summed E-state index contributed by atoms with van der Waals surface area (Å²) in [7, 11) is 0. The monoisotopic (exact) mass is 1070 g/mol. The quantitative estimate of drug-likeness (QED) is 0.0263. The summed E-state index contributed by atoms with van der Waals surface area (Å²) in [5.74, 6) is -5.37. The maximum Gasteiger partial charge on any atom is 0.313 e. The number of aromatic nitrogens is 15. The number of carboxylic acid groups (broad SMARTS) is 3. The van der Waals surface area contributed by atoms with Gasteiger partial charge in [0.15, 0.2) is 11.5 Å². The fraction of sp³-hybridized carbons (Fsp3) is 0.316. The summed E-state index contributed by atoms with van der Waals surface area (Å²) in [6.45, 7) is 5.84. The zero-order valence-corrected chi connectivity index (χ0v) is 44.0. The van der Waals surface area contributed by atoms with Gasteiger partial charge in [-0.1, -0.05) is 123 Å². The first-order chi connectivity index (χ1) is 38.4. The molecular weight excluding hydrogens is 1000 g/mol. The zero-order chi connectivity index (χ0) is 55.4. The summed E-state index contributed by atoms with van der Waals surface area (Å²) in [6.07, 6.45) is 10.7. The number of benzene rings is 3. The summed E-state index contributed by atoms with van der Waals surface area (Å²) >= 11 is 0. The molecule has 0 radical (unpaired) electrons. The van der Waals surface area contributed by atoms with E-state index in [1.165, 1.54) is 9.59 Å². The van der Waals surface area contributed by atoms with E-state index in [-0.39, 0.29) is 6.42 Å². The number of hydrogen-bond donors (Lipinski definition) is 7. The molecule has 8 N–H and O–H groups in total. The van der Waals surface area contributed by atoms with E-state index < -0.39 is 53.4 Å². The first-order valence-electron chi connectivity index (χ1n) is 26.4. The predicted octanol–water partition coefficient (Wildman–Crippen LogP) is 7.24. The molecule has 0 aliphatic carbocycles. The normalized spacial score (nSPS) is 13.8. The summed E-state index contributed by atoms with van der Waals surface area (Å²) in [5.41, 5.74) is 13.9. The Morgan fingerprint density at radius 3 is 1.56 bits per heavy atom. The van der Waals surface area contributed by atoms with Gasteiger partial charge in [-0.05, 0) is 126 Å². The molecular formula is C57H62N16O6+2. The summed E-state index contributed by atoms with van der Waals surface area (Å²) in [4.78, 5) is 55.1. The Kier molecular flexibility index (Phi) is 17.3. The van der Waals surface area contributed by atoms with Crippen LogP contribution in [0.3, 0.4) is 0 Å². The van der Waals surface area contributed by atoms with Gasteiger partial charge < -0.3 is 21.1 Å². The van der Waals surface area contributed by atoms with E-state index in [0.29, 0.717) is 86.2 Å². The first-order valence-corrected chi connectivity index (χ1v) is 26.4. The highest BCUT2D eigenvalue weighted by molar-refractivity contribution is 5.74. The highest BCUT2D eigenvalue weighted by Gasteiger charge is 2.39. The minimum Gasteiger partial charge on any atom is -0.481 e. The van der Waals surface area contributed by atoms with E-state index >= 15 is 0 Å². The first kappa shape index (κ1) is 54.3. The largest absolute Gasteiger partial charge is 0.481 e. The number of rotatable bonds is 26. The van der Waals surface area contributed by atoms with E-state index in [1.807, 2.05) is 118 Å². The lowest BCUT2D eigenvalue weighted by Gasteiger charge is -2.22. The summed E-state index contributed by atoms with van der Waals surface area (Å²) < 4.78 is 0. The van der Waals surface area contributed by atoms with E-state index in [2.05, 4.69) is 56.2 Å². The molecule has 0 spiro atoms. The van der Waals surface area contributed by atoms with Gasteiger partial charge in [0.2, 0.25) is 0 Å². The number of nitrogens with zero attached hydrogens (tertiary/aromatic N) is 12. The van der Waals surface area contributed by atoms with Crippen molar-refractivity contribution in [3.05, 3.63) is 162 Å². The number of nitrogens with two attached hydrogens (primary N) is 1. The van der Waals surface area contributed by atoms with Crippen LogP contribution in [0.25, 0.3) is 44.9 Å². The average molecular weight is 1070 g/mol. The van der Waals surface area contributed by atoms with Crippen molar-refractivity contribution >= 4 is 23.7 Å². The Balaban J connectivity index is 1.01. The molecule has 0 saturated heterocycles. The van der Waals surface area contributed by atoms with Gasteiger partial charge in [0.05, 0.1) is 40.9 Å². The highest BCUT2D eigenvalue weighted by atomic mass is 16.4. The molecule has 0 aliphatic heterocycles. The lowest BCUT2D eigenvalue weighted by molar-refractivity contribution is -0.720. The number of nitrogens with one attached hydrogen (secondary N) is 3.